The lowest BCUT2D eigenvalue weighted by atomic mass is 10.1. The molecule has 1 amide bonds. The summed E-state index contributed by atoms with van der Waals surface area (Å²) >= 11 is 0. The lowest BCUT2D eigenvalue weighted by Crippen LogP contribution is -2.07. The van der Waals surface area contributed by atoms with Gasteiger partial charge in [0.05, 0.1) is 5.52 Å². The fourth-order valence-electron chi connectivity index (χ4n) is 2.42. The number of benzene rings is 2. The van der Waals surface area contributed by atoms with Crippen LogP contribution in [0.1, 0.15) is 11.1 Å². The molecule has 1 heterocycles. The lowest BCUT2D eigenvalue weighted by molar-refractivity contribution is -0.120. The molecule has 2 aromatic carbocycles. The Morgan fingerprint density at radius 2 is 2.00 bits per heavy atom. The fourth-order valence-corrected chi connectivity index (χ4v) is 2.42. The largest absolute Gasteiger partial charge is 0.493 e. The summed E-state index contributed by atoms with van der Waals surface area (Å²) < 4.78 is 5.38. The first-order chi connectivity index (χ1) is 11.5. The molecule has 1 aromatic heterocycles. The summed E-state index contributed by atoms with van der Waals surface area (Å²) in [6, 6.07) is 13.0. The predicted octanol–water partition coefficient (Wildman–Crippen LogP) is 4.18. The van der Waals surface area contributed by atoms with E-state index in [1.807, 2.05) is 44.2 Å². The number of nitrogens with zero attached hydrogens (tertiary/aromatic N) is 2. The number of nitrogens with one attached hydrogen (secondary N) is 1. The van der Waals surface area contributed by atoms with Crippen LogP contribution >= 0.6 is 0 Å². The molecule has 6 heteroatoms. The van der Waals surface area contributed by atoms with E-state index in [-0.39, 0.29) is 18.2 Å². The maximum absolute atomic E-state index is 11.8. The third kappa shape index (κ3) is 3.27. The van der Waals surface area contributed by atoms with Crippen LogP contribution < -0.4 is 4.74 Å². The summed E-state index contributed by atoms with van der Waals surface area (Å²) in [6.45, 7) is 3.64. The number of amides is 1. The maximum atomic E-state index is 11.8. The minimum absolute atomic E-state index is 0.115. The van der Waals surface area contributed by atoms with Crippen LogP contribution in [-0.4, -0.2) is 22.6 Å². The van der Waals surface area contributed by atoms with E-state index in [0.29, 0.717) is 11.1 Å². The van der Waals surface area contributed by atoms with Crippen LogP contribution in [-0.2, 0) is 4.79 Å². The van der Waals surface area contributed by atoms with Crippen molar-refractivity contribution in [1.82, 2.24) is 4.98 Å². The number of aromatic hydroxyl groups is 1. The number of aromatic nitrogens is 1. The van der Waals surface area contributed by atoms with Crippen molar-refractivity contribution < 1.29 is 14.6 Å². The Kier molecular flexibility index (Phi) is 4.29. The molecule has 0 fully saturated rings. The number of aryl methyl sites for hydroxylation is 2. The number of H-pyrrole nitrogens is 1. The third-order valence-electron chi connectivity index (χ3n) is 3.61. The van der Waals surface area contributed by atoms with Crippen LogP contribution in [0, 0.1) is 13.8 Å². The Bertz CT molecular complexity index is 928. The van der Waals surface area contributed by atoms with Gasteiger partial charge >= 0.3 is 5.91 Å². The van der Waals surface area contributed by atoms with Crippen molar-refractivity contribution in [2.24, 2.45) is 10.2 Å². The van der Waals surface area contributed by atoms with E-state index >= 15 is 0 Å². The van der Waals surface area contributed by atoms with Gasteiger partial charge in [-0.15, -0.1) is 10.2 Å². The zero-order chi connectivity index (χ0) is 17.1. The molecule has 0 atom stereocenters. The van der Waals surface area contributed by atoms with Crippen LogP contribution in [0.2, 0.25) is 0 Å². The summed E-state index contributed by atoms with van der Waals surface area (Å²) in [7, 11) is 0. The molecule has 0 saturated heterocycles. The second-order valence-corrected chi connectivity index (χ2v) is 5.52. The van der Waals surface area contributed by atoms with Gasteiger partial charge in [0, 0.05) is 5.39 Å². The smallest absolute Gasteiger partial charge is 0.302 e. The highest BCUT2D eigenvalue weighted by Crippen LogP contribution is 2.36. The van der Waals surface area contributed by atoms with Crippen molar-refractivity contribution in [3.8, 4) is 11.6 Å². The van der Waals surface area contributed by atoms with Gasteiger partial charge < -0.3 is 14.8 Å². The Labute approximate surface area is 138 Å². The number of hydrogen-bond acceptors (Lipinski definition) is 4. The number of ether oxygens (including phenoxy) is 1. The summed E-state index contributed by atoms with van der Waals surface area (Å²) in [5.74, 6) is -0.0440. The molecule has 122 valence electrons. The standard InChI is InChI=1S/C18H17N3O3/c1-11-5-3-7-13(9-11)24-10-15(22)20-21-17-14-8-4-6-12(2)16(14)19-18(17)23/h3-9,19,23H,10H2,1-2H3. The molecule has 0 radical (unpaired) electrons. The van der Waals surface area contributed by atoms with E-state index in [4.69, 9.17) is 4.74 Å². The van der Waals surface area contributed by atoms with Gasteiger partial charge in [-0.05, 0) is 37.1 Å². The zero-order valence-corrected chi connectivity index (χ0v) is 13.4. The van der Waals surface area contributed by atoms with Crippen molar-refractivity contribution in [2.75, 3.05) is 6.61 Å². The van der Waals surface area contributed by atoms with Crippen LogP contribution in [0.4, 0.5) is 5.69 Å². The van der Waals surface area contributed by atoms with Gasteiger partial charge in [0.2, 0.25) is 5.88 Å². The number of hydrogen-bond donors (Lipinski definition) is 2. The minimum Gasteiger partial charge on any atom is -0.493 e. The predicted molar refractivity (Wildman–Crippen MR) is 90.9 cm³/mol. The van der Waals surface area contributed by atoms with Crippen LogP contribution in [0.25, 0.3) is 10.9 Å². The van der Waals surface area contributed by atoms with E-state index in [0.717, 1.165) is 16.6 Å². The van der Waals surface area contributed by atoms with Crippen molar-refractivity contribution in [2.45, 2.75) is 13.8 Å². The third-order valence-corrected chi connectivity index (χ3v) is 3.61. The first-order valence-electron chi connectivity index (χ1n) is 7.49. The molecule has 0 aliphatic rings. The van der Waals surface area contributed by atoms with Crippen molar-refractivity contribution in [3.63, 3.8) is 0 Å². The maximum Gasteiger partial charge on any atom is 0.302 e. The van der Waals surface area contributed by atoms with Crippen molar-refractivity contribution in [1.29, 1.82) is 0 Å². The first kappa shape index (κ1) is 15.7. The molecule has 3 rings (SSSR count). The van der Waals surface area contributed by atoms with Crippen LogP contribution in [0.5, 0.6) is 11.6 Å². The normalized spacial score (nSPS) is 11.2. The number of carbonyl (C=O) groups excluding carboxylic acids is 1. The van der Waals surface area contributed by atoms with Crippen molar-refractivity contribution in [3.05, 3.63) is 53.6 Å². The van der Waals surface area contributed by atoms with Gasteiger partial charge in [0.1, 0.15) is 5.75 Å². The average molecular weight is 323 g/mol. The quantitative estimate of drug-likeness (QED) is 0.706. The molecule has 0 aliphatic heterocycles. The molecule has 24 heavy (non-hydrogen) atoms. The Morgan fingerprint density at radius 1 is 1.21 bits per heavy atom. The summed E-state index contributed by atoms with van der Waals surface area (Å²) in [6.07, 6.45) is 0. The van der Waals surface area contributed by atoms with E-state index in [9.17, 15) is 9.90 Å². The Morgan fingerprint density at radius 3 is 2.79 bits per heavy atom. The Balaban J connectivity index is 1.73. The molecule has 0 spiro atoms. The topological polar surface area (TPSA) is 87.0 Å². The van der Waals surface area contributed by atoms with E-state index < -0.39 is 5.91 Å². The van der Waals surface area contributed by atoms with Gasteiger partial charge in [0.15, 0.2) is 12.3 Å². The van der Waals surface area contributed by atoms with Gasteiger partial charge in [0.25, 0.3) is 0 Å². The monoisotopic (exact) mass is 323 g/mol. The number of aromatic amines is 1. The van der Waals surface area contributed by atoms with Gasteiger partial charge in [-0.25, -0.2) is 0 Å². The zero-order valence-electron chi connectivity index (χ0n) is 13.4. The molecular formula is C18H17N3O3. The number of carbonyl (C=O) groups is 1. The van der Waals surface area contributed by atoms with Gasteiger partial charge in [-0.3, -0.25) is 4.79 Å². The number of azo groups is 1. The molecule has 2 N–H and O–H groups in total. The van der Waals surface area contributed by atoms with Crippen LogP contribution in [0.3, 0.4) is 0 Å². The summed E-state index contributed by atoms with van der Waals surface area (Å²) in [4.78, 5) is 14.7. The van der Waals surface area contributed by atoms with E-state index in [1.165, 1.54) is 0 Å². The SMILES string of the molecule is Cc1cccc(OCC(=O)N=Nc2c(O)[nH]c3c(C)cccc23)c1. The van der Waals surface area contributed by atoms with Crippen LogP contribution in [0.15, 0.2) is 52.7 Å². The number of para-hydroxylation sites is 1. The number of fused-ring (bicyclic) bond motifs is 1. The van der Waals surface area contributed by atoms with Gasteiger partial charge in [-0.2, -0.15) is 0 Å². The van der Waals surface area contributed by atoms with E-state index in [2.05, 4.69) is 15.2 Å². The summed E-state index contributed by atoms with van der Waals surface area (Å²) in [5, 5.41) is 18.2. The molecule has 0 unspecified atom stereocenters. The molecule has 6 nitrogen and oxygen atoms in total. The first-order valence-corrected chi connectivity index (χ1v) is 7.49. The highest BCUT2D eigenvalue weighted by Gasteiger charge is 2.12. The van der Waals surface area contributed by atoms with Crippen molar-refractivity contribution >= 4 is 22.5 Å². The van der Waals surface area contributed by atoms with Gasteiger partial charge in [-0.1, -0.05) is 30.3 Å². The minimum atomic E-state index is -0.530. The molecular weight excluding hydrogens is 306 g/mol. The molecule has 0 aliphatic carbocycles. The lowest BCUT2D eigenvalue weighted by Gasteiger charge is -2.03. The molecule has 3 aromatic rings. The second-order valence-electron chi connectivity index (χ2n) is 5.52. The molecule has 0 bridgehead atoms. The highest BCUT2D eigenvalue weighted by molar-refractivity contribution is 5.96. The Hall–Kier alpha value is -3.15. The highest BCUT2D eigenvalue weighted by atomic mass is 16.5. The number of rotatable bonds is 4. The average Bonchev–Trinajstić information content (AvgIpc) is 2.88. The fraction of sp³-hybridized carbons (Fsp3) is 0.167. The van der Waals surface area contributed by atoms with E-state index in [1.54, 1.807) is 12.1 Å². The molecule has 0 saturated carbocycles. The summed E-state index contributed by atoms with van der Waals surface area (Å²) in [5.41, 5.74) is 3.03. The second kappa shape index (κ2) is 6.54.